The van der Waals surface area contributed by atoms with E-state index in [1.54, 1.807) is 6.07 Å². The summed E-state index contributed by atoms with van der Waals surface area (Å²) in [5.41, 5.74) is 0.125. The molecule has 1 aromatic heterocycles. The average molecular weight is 410 g/mol. The number of aromatic nitrogens is 1. The molecule has 0 aliphatic carbocycles. The Morgan fingerprint density at radius 2 is 2.05 bits per heavy atom. The number of hydrogen-bond acceptors (Lipinski definition) is 3. The summed E-state index contributed by atoms with van der Waals surface area (Å²) in [6.45, 7) is 0. The van der Waals surface area contributed by atoms with Gasteiger partial charge in [0.2, 0.25) is 5.88 Å². The standard InChI is InChI=1S/C12H6Cl2INO3/c13-7-4-8(14)11(16-5-7)19-10-3-6(12(17)18)1-2-9(10)15/h1-5H,(H,17,18). The molecule has 0 fully saturated rings. The number of carboxylic acid groups (broad SMARTS) is 1. The van der Waals surface area contributed by atoms with E-state index in [4.69, 9.17) is 33.0 Å². The smallest absolute Gasteiger partial charge is 0.335 e. The van der Waals surface area contributed by atoms with E-state index >= 15 is 0 Å². The van der Waals surface area contributed by atoms with Gasteiger partial charge < -0.3 is 9.84 Å². The van der Waals surface area contributed by atoms with Crippen LogP contribution in [0.5, 0.6) is 11.6 Å². The third-order valence-corrected chi connectivity index (χ3v) is 3.53. The minimum Gasteiger partial charge on any atom is -0.478 e. The lowest BCUT2D eigenvalue weighted by atomic mass is 10.2. The van der Waals surface area contributed by atoms with Gasteiger partial charge in [-0.05, 0) is 46.9 Å². The van der Waals surface area contributed by atoms with Crippen LogP contribution in [0.2, 0.25) is 10.0 Å². The van der Waals surface area contributed by atoms with Crippen LogP contribution in [0.15, 0.2) is 30.5 Å². The summed E-state index contributed by atoms with van der Waals surface area (Å²) >= 11 is 13.7. The van der Waals surface area contributed by atoms with Crippen molar-refractivity contribution < 1.29 is 14.6 Å². The van der Waals surface area contributed by atoms with Crippen LogP contribution in [-0.2, 0) is 0 Å². The normalized spacial score (nSPS) is 10.3. The second kappa shape index (κ2) is 5.94. The second-order valence-corrected chi connectivity index (χ2v) is 5.50. The Morgan fingerprint density at radius 3 is 2.68 bits per heavy atom. The summed E-state index contributed by atoms with van der Waals surface area (Å²) < 4.78 is 6.26. The molecule has 4 nitrogen and oxygen atoms in total. The van der Waals surface area contributed by atoms with Crippen LogP contribution >= 0.6 is 45.8 Å². The number of halogens is 3. The fourth-order valence-electron chi connectivity index (χ4n) is 1.30. The molecule has 0 radical (unpaired) electrons. The summed E-state index contributed by atoms with van der Waals surface area (Å²) in [6, 6.07) is 6.05. The number of hydrogen-bond donors (Lipinski definition) is 1. The Kier molecular flexibility index (Phi) is 4.49. The molecule has 98 valence electrons. The number of aromatic carboxylic acids is 1. The first kappa shape index (κ1) is 14.4. The molecule has 1 aromatic carbocycles. The summed E-state index contributed by atoms with van der Waals surface area (Å²) in [7, 11) is 0. The molecular formula is C12H6Cl2INO3. The minimum absolute atomic E-state index is 0.125. The number of carboxylic acids is 1. The third kappa shape index (κ3) is 3.49. The summed E-state index contributed by atoms with van der Waals surface area (Å²) in [5.74, 6) is -0.486. The van der Waals surface area contributed by atoms with E-state index in [0.717, 1.165) is 3.57 Å². The molecule has 0 atom stereocenters. The maximum absolute atomic E-state index is 10.9. The highest BCUT2D eigenvalue weighted by molar-refractivity contribution is 14.1. The van der Waals surface area contributed by atoms with Crippen molar-refractivity contribution in [2.45, 2.75) is 0 Å². The van der Waals surface area contributed by atoms with Crippen molar-refractivity contribution in [1.29, 1.82) is 0 Å². The first-order valence-corrected chi connectivity index (χ1v) is 6.82. The van der Waals surface area contributed by atoms with Crippen molar-refractivity contribution in [3.05, 3.63) is 49.6 Å². The molecule has 2 rings (SSSR count). The molecule has 7 heteroatoms. The highest BCUT2D eigenvalue weighted by Gasteiger charge is 2.11. The molecule has 1 N–H and O–H groups in total. The Labute approximate surface area is 132 Å². The van der Waals surface area contributed by atoms with E-state index in [9.17, 15) is 4.79 Å². The van der Waals surface area contributed by atoms with E-state index in [1.165, 1.54) is 24.4 Å². The summed E-state index contributed by atoms with van der Waals surface area (Å²) in [5, 5.41) is 9.59. The van der Waals surface area contributed by atoms with Crippen LogP contribution in [-0.4, -0.2) is 16.1 Å². The van der Waals surface area contributed by atoms with Gasteiger partial charge in [0.25, 0.3) is 0 Å². The predicted molar refractivity (Wildman–Crippen MR) is 80.4 cm³/mol. The van der Waals surface area contributed by atoms with Crippen molar-refractivity contribution >= 4 is 51.8 Å². The monoisotopic (exact) mass is 409 g/mol. The lowest BCUT2D eigenvalue weighted by Crippen LogP contribution is -1.98. The molecule has 0 saturated carbocycles. The van der Waals surface area contributed by atoms with Crippen LogP contribution < -0.4 is 4.74 Å². The van der Waals surface area contributed by atoms with Gasteiger partial charge in [-0.15, -0.1) is 0 Å². The number of ether oxygens (including phenoxy) is 1. The molecular weight excluding hydrogens is 404 g/mol. The van der Waals surface area contributed by atoms with Gasteiger partial charge in [-0.2, -0.15) is 0 Å². The van der Waals surface area contributed by atoms with Crippen LogP contribution in [0.4, 0.5) is 0 Å². The maximum atomic E-state index is 10.9. The molecule has 0 amide bonds. The molecule has 0 spiro atoms. The van der Waals surface area contributed by atoms with E-state index in [2.05, 4.69) is 4.98 Å². The quantitative estimate of drug-likeness (QED) is 0.759. The highest BCUT2D eigenvalue weighted by Crippen LogP contribution is 2.32. The molecule has 0 aliphatic rings. The van der Waals surface area contributed by atoms with Crippen molar-refractivity contribution in [3.63, 3.8) is 0 Å². The number of rotatable bonds is 3. The highest BCUT2D eigenvalue weighted by atomic mass is 127. The zero-order chi connectivity index (χ0) is 14.0. The number of benzene rings is 1. The van der Waals surface area contributed by atoms with Gasteiger partial charge in [0.05, 0.1) is 14.2 Å². The first-order chi connectivity index (χ1) is 8.97. The minimum atomic E-state index is -1.03. The summed E-state index contributed by atoms with van der Waals surface area (Å²) in [6.07, 6.45) is 1.40. The molecule has 2 aromatic rings. The van der Waals surface area contributed by atoms with E-state index in [0.29, 0.717) is 10.8 Å². The Hall–Kier alpha value is -1.05. The lowest BCUT2D eigenvalue weighted by molar-refractivity contribution is 0.0696. The number of pyridine rings is 1. The van der Waals surface area contributed by atoms with Gasteiger partial charge in [0, 0.05) is 6.20 Å². The topological polar surface area (TPSA) is 59.4 Å². The molecule has 0 aliphatic heterocycles. The van der Waals surface area contributed by atoms with Gasteiger partial charge in [-0.1, -0.05) is 23.2 Å². The van der Waals surface area contributed by atoms with Crippen LogP contribution in [0.1, 0.15) is 10.4 Å². The molecule has 0 unspecified atom stereocenters. The van der Waals surface area contributed by atoms with E-state index in [1.807, 2.05) is 22.6 Å². The van der Waals surface area contributed by atoms with E-state index in [-0.39, 0.29) is 16.5 Å². The number of carbonyl (C=O) groups is 1. The van der Waals surface area contributed by atoms with Crippen LogP contribution in [0, 0.1) is 3.57 Å². The second-order valence-electron chi connectivity index (χ2n) is 3.49. The third-order valence-electron chi connectivity index (χ3n) is 2.16. The van der Waals surface area contributed by atoms with Gasteiger partial charge in [0.15, 0.2) is 0 Å². The zero-order valence-electron chi connectivity index (χ0n) is 9.23. The number of nitrogens with zero attached hydrogens (tertiary/aromatic N) is 1. The maximum Gasteiger partial charge on any atom is 0.335 e. The first-order valence-electron chi connectivity index (χ1n) is 4.99. The van der Waals surface area contributed by atoms with Crippen LogP contribution in [0.25, 0.3) is 0 Å². The Balaban J connectivity index is 2.37. The fraction of sp³-hybridized carbons (Fsp3) is 0. The Bertz CT molecular complexity index is 649. The lowest BCUT2D eigenvalue weighted by Gasteiger charge is -2.09. The average Bonchev–Trinajstić information content (AvgIpc) is 2.34. The zero-order valence-corrected chi connectivity index (χ0v) is 12.9. The van der Waals surface area contributed by atoms with Gasteiger partial charge in [-0.3, -0.25) is 0 Å². The molecule has 1 heterocycles. The van der Waals surface area contributed by atoms with E-state index < -0.39 is 5.97 Å². The van der Waals surface area contributed by atoms with Crippen molar-refractivity contribution in [1.82, 2.24) is 4.98 Å². The van der Waals surface area contributed by atoms with Crippen molar-refractivity contribution in [2.75, 3.05) is 0 Å². The largest absolute Gasteiger partial charge is 0.478 e. The van der Waals surface area contributed by atoms with Crippen molar-refractivity contribution in [2.24, 2.45) is 0 Å². The fourth-order valence-corrected chi connectivity index (χ4v) is 2.16. The van der Waals surface area contributed by atoms with Gasteiger partial charge >= 0.3 is 5.97 Å². The Morgan fingerprint density at radius 1 is 1.32 bits per heavy atom. The SMILES string of the molecule is O=C(O)c1ccc(I)c(Oc2ncc(Cl)cc2Cl)c1. The van der Waals surface area contributed by atoms with Crippen molar-refractivity contribution in [3.8, 4) is 11.6 Å². The predicted octanol–water partition coefficient (Wildman–Crippen LogP) is 4.48. The van der Waals surface area contributed by atoms with Gasteiger partial charge in [0.1, 0.15) is 10.8 Å². The molecule has 0 bridgehead atoms. The summed E-state index contributed by atoms with van der Waals surface area (Å²) in [4.78, 5) is 14.9. The van der Waals surface area contributed by atoms with Gasteiger partial charge in [-0.25, -0.2) is 9.78 Å². The molecule has 19 heavy (non-hydrogen) atoms. The van der Waals surface area contributed by atoms with Crippen LogP contribution in [0.3, 0.4) is 0 Å². The molecule has 0 saturated heterocycles.